The number of halogens is 1. The van der Waals surface area contributed by atoms with E-state index in [0.717, 1.165) is 12.1 Å². The summed E-state index contributed by atoms with van der Waals surface area (Å²) in [6, 6.07) is 2.31. The molecule has 0 spiro atoms. The van der Waals surface area contributed by atoms with E-state index >= 15 is 0 Å². The highest BCUT2D eigenvalue weighted by Gasteiger charge is 2.32. The second-order valence-corrected chi connectivity index (χ2v) is 6.65. The first kappa shape index (κ1) is 17.7. The van der Waals surface area contributed by atoms with Gasteiger partial charge in [0.1, 0.15) is 5.75 Å². The van der Waals surface area contributed by atoms with E-state index in [0.29, 0.717) is 11.4 Å². The number of phenols is 1. The monoisotopic (exact) mass is 423 g/mol. The van der Waals surface area contributed by atoms with Gasteiger partial charge in [0.2, 0.25) is 0 Å². The standard InChI is InChI=1S/C15H14BrN5O5/c1-5-10(14(23)19-17-5)12(11-6(2)18-20-15(11)24)8-3-7(21(25)26)4-9(16)13(8)22/h3-4,12,22H,1-2H3,(H2,17,19,23)(H2,18,20,24). The summed E-state index contributed by atoms with van der Waals surface area (Å²) in [7, 11) is 0. The lowest BCUT2D eigenvalue weighted by atomic mass is 9.84. The highest BCUT2D eigenvalue weighted by atomic mass is 79.9. The van der Waals surface area contributed by atoms with E-state index in [9.17, 15) is 24.8 Å². The topological polar surface area (TPSA) is 161 Å². The molecule has 26 heavy (non-hydrogen) atoms. The smallest absolute Gasteiger partial charge is 0.271 e. The highest BCUT2D eigenvalue weighted by molar-refractivity contribution is 9.10. The Morgan fingerprint density at radius 2 is 1.54 bits per heavy atom. The molecule has 5 N–H and O–H groups in total. The van der Waals surface area contributed by atoms with Crippen molar-refractivity contribution in [1.29, 1.82) is 0 Å². The van der Waals surface area contributed by atoms with Crippen molar-refractivity contribution in [2.75, 3.05) is 0 Å². The van der Waals surface area contributed by atoms with Gasteiger partial charge in [0.25, 0.3) is 16.8 Å². The number of phenolic OH excluding ortho intramolecular Hbond substituents is 1. The molecule has 0 fully saturated rings. The highest BCUT2D eigenvalue weighted by Crippen LogP contribution is 2.41. The molecule has 3 aromatic rings. The van der Waals surface area contributed by atoms with Crippen molar-refractivity contribution in [3.63, 3.8) is 0 Å². The third kappa shape index (κ3) is 2.75. The van der Waals surface area contributed by atoms with E-state index in [1.807, 2.05) is 0 Å². The Balaban J connectivity index is 2.42. The number of aromatic amines is 4. The van der Waals surface area contributed by atoms with Crippen LogP contribution in [-0.2, 0) is 0 Å². The molecule has 0 bridgehead atoms. The summed E-state index contributed by atoms with van der Waals surface area (Å²) in [5, 5.41) is 32.0. The molecule has 136 valence electrons. The van der Waals surface area contributed by atoms with Gasteiger partial charge in [-0.25, -0.2) is 0 Å². The van der Waals surface area contributed by atoms with Gasteiger partial charge in [0, 0.05) is 29.1 Å². The summed E-state index contributed by atoms with van der Waals surface area (Å²) in [5.41, 5.74) is 0.0475. The van der Waals surface area contributed by atoms with Crippen LogP contribution >= 0.6 is 15.9 Å². The zero-order valence-electron chi connectivity index (χ0n) is 13.6. The van der Waals surface area contributed by atoms with Crippen molar-refractivity contribution < 1.29 is 10.0 Å². The Hall–Kier alpha value is -3.08. The molecular weight excluding hydrogens is 410 g/mol. The lowest BCUT2D eigenvalue weighted by Crippen LogP contribution is -2.20. The number of aryl methyl sites for hydroxylation is 2. The van der Waals surface area contributed by atoms with Gasteiger partial charge in [-0.2, -0.15) is 0 Å². The average Bonchev–Trinajstić information content (AvgIpc) is 3.08. The molecule has 2 aromatic heterocycles. The van der Waals surface area contributed by atoms with Crippen LogP contribution in [0, 0.1) is 24.0 Å². The van der Waals surface area contributed by atoms with Gasteiger partial charge in [-0.05, 0) is 29.8 Å². The molecule has 0 radical (unpaired) electrons. The van der Waals surface area contributed by atoms with Crippen LogP contribution in [0.5, 0.6) is 5.75 Å². The number of rotatable bonds is 4. The van der Waals surface area contributed by atoms with Crippen molar-refractivity contribution in [2.24, 2.45) is 0 Å². The number of nitrogens with one attached hydrogen (secondary N) is 4. The number of nitrogens with zero attached hydrogens (tertiary/aromatic N) is 1. The molecule has 11 heteroatoms. The van der Waals surface area contributed by atoms with E-state index in [-0.39, 0.29) is 32.6 Å². The van der Waals surface area contributed by atoms with Gasteiger partial charge in [-0.1, -0.05) is 0 Å². The van der Waals surface area contributed by atoms with Crippen molar-refractivity contribution in [3.05, 3.63) is 75.5 Å². The molecular formula is C15H14BrN5O5. The number of nitro groups is 1. The van der Waals surface area contributed by atoms with Crippen molar-refractivity contribution in [2.45, 2.75) is 19.8 Å². The number of hydrogen-bond acceptors (Lipinski definition) is 5. The summed E-state index contributed by atoms with van der Waals surface area (Å²) in [5.74, 6) is -1.31. The van der Waals surface area contributed by atoms with Crippen LogP contribution < -0.4 is 11.1 Å². The van der Waals surface area contributed by atoms with Gasteiger partial charge in [-0.15, -0.1) is 0 Å². The number of non-ortho nitro benzene ring substituents is 1. The maximum atomic E-state index is 12.4. The fourth-order valence-corrected chi connectivity index (χ4v) is 3.46. The Morgan fingerprint density at radius 3 is 1.92 bits per heavy atom. The zero-order chi connectivity index (χ0) is 19.2. The minimum atomic E-state index is -1.02. The average molecular weight is 424 g/mol. The zero-order valence-corrected chi connectivity index (χ0v) is 15.2. The molecule has 3 rings (SSSR count). The van der Waals surface area contributed by atoms with E-state index in [1.54, 1.807) is 13.8 Å². The summed E-state index contributed by atoms with van der Waals surface area (Å²) in [4.78, 5) is 35.3. The van der Waals surface area contributed by atoms with Crippen LogP contribution in [0.1, 0.15) is 34.0 Å². The van der Waals surface area contributed by atoms with Crippen LogP contribution in [-0.4, -0.2) is 30.4 Å². The molecule has 0 saturated carbocycles. The number of hydrogen-bond donors (Lipinski definition) is 5. The van der Waals surface area contributed by atoms with Gasteiger partial charge < -0.3 is 15.3 Å². The second-order valence-electron chi connectivity index (χ2n) is 5.79. The van der Waals surface area contributed by atoms with Crippen molar-refractivity contribution in [3.8, 4) is 5.75 Å². The minimum Gasteiger partial charge on any atom is -0.506 e. The Bertz CT molecular complexity index is 1070. The number of nitro benzene ring substituents is 1. The molecule has 10 nitrogen and oxygen atoms in total. The van der Waals surface area contributed by atoms with E-state index in [1.165, 1.54) is 0 Å². The van der Waals surface area contributed by atoms with Gasteiger partial charge in [0.05, 0.1) is 26.4 Å². The number of aromatic hydroxyl groups is 1. The molecule has 0 atom stereocenters. The van der Waals surface area contributed by atoms with Crippen LogP contribution in [0.2, 0.25) is 0 Å². The Kier molecular flexibility index (Phi) is 4.32. The van der Waals surface area contributed by atoms with Crippen LogP contribution in [0.15, 0.2) is 26.2 Å². The van der Waals surface area contributed by atoms with Gasteiger partial charge in [0.15, 0.2) is 0 Å². The fourth-order valence-electron chi connectivity index (χ4n) is 2.99. The third-order valence-corrected chi connectivity index (χ3v) is 4.81. The quantitative estimate of drug-likeness (QED) is 0.319. The largest absolute Gasteiger partial charge is 0.506 e. The summed E-state index contributed by atoms with van der Waals surface area (Å²) < 4.78 is 0.0842. The molecule has 0 saturated heterocycles. The molecule has 0 aliphatic heterocycles. The maximum absolute atomic E-state index is 12.4. The minimum absolute atomic E-state index is 0.0625. The molecule has 0 amide bonds. The van der Waals surface area contributed by atoms with Crippen LogP contribution in [0.25, 0.3) is 0 Å². The van der Waals surface area contributed by atoms with Crippen molar-refractivity contribution in [1.82, 2.24) is 20.4 Å². The first-order valence-electron chi connectivity index (χ1n) is 7.43. The lowest BCUT2D eigenvalue weighted by molar-refractivity contribution is -0.385. The van der Waals surface area contributed by atoms with Crippen molar-refractivity contribution >= 4 is 21.6 Å². The maximum Gasteiger partial charge on any atom is 0.271 e. The number of aromatic nitrogens is 4. The number of benzene rings is 1. The Morgan fingerprint density at radius 1 is 1.04 bits per heavy atom. The van der Waals surface area contributed by atoms with Crippen LogP contribution in [0.4, 0.5) is 5.69 Å². The first-order chi connectivity index (χ1) is 12.2. The predicted octanol–water partition coefficient (Wildman–Crippen LogP) is 1.89. The summed E-state index contributed by atoms with van der Waals surface area (Å²) >= 11 is 3.09. The van der Waals surface area contributed by atoms with Crippen LogP contribution in [0.3, 0.4) is 0 Å². The van der Waals surface area contributed by atoms with E-state index in [2.05, 4.69) is 36.3 Å². The molecule has 2 heterocycles. The fraction of sp³-hybridized carbons (Fsp3) is 0.200. The predicted molar refractivity (Wildman–Crippen MR) is 95.7 cm³/mol. The number of H-pyrrole nitrogens is 4. The third-order valence-electron chi connectivity index (χ3n) is 4.20. The second kappa shape index (κ2) is 6.33. The Labute approximate surface area is 153 Å². The molecule has 0 aliphatic carbocycles. The summed E-state index contributed by atoms with van der Waals surface area (Å²) in [6.07, 6.45) is 0. The normalized spacial score (nSPS) is 11.2. The van der Waals surface area contributed by atoms with E-state index in [4.69, 9.17) is 0 Å². The lowest BCUT2D eigenvalue weighted by Gasteiger charge is -2.17. The van der Waals surface area contributed by atoms with Gasteiger partial charge >= 0.3 is 0 Å². The van der Waals surface area contributed by atoms with E-state index < -0.39 is 22.0 Å². The van der Waals surface area contributed by atoms with Gasteiger partial charge in [-0.3, -0.25) is 29.9 Å². The summed E-state index contributed by atoms with van der Waals surface area (Å²) in [6.45, 7) is 3.25. The molecule has 0 unspecified atom stereocenters. The SMILES string of the molecule is Cc1[nH][nH]c(=O)c1C(c1cc([N+](=O)[O-])cc(Br)c1O)c1c(C)[nH][nH]c1=O. The first-order valence-corrected chi connectivity index (χ1v) is 8.22. The molecule has 0 aliphatic rings. The molecule has 1 aromatic carbocycles.